The van der Waals surface area contributed by atoms with E-state index in [0.29, 0.717) is 5.92 Å². The van der Waals surface area contributed by atoms with Crippen molar-refractivity contribution in [3.63, 3.8) is 0 Å². The van der Waals surface area contributed by atoms with Crippen LogP contribution in [0.4, 0.5) is 0 Å². The smallest absolute Gasteiger partial charge is 0.138 e. The quantitative estimate of drug-likeness (QED) is 0.554. The molecule has 0 radical (unpaired) electrons. The van der Waals surface area contributed by atoms with Crippen molar-refractivity contribution in [1.29, 1.82) is 0 Å². The van der Waals surface area contributed by atoms with Crippen LogP contribution in [-0.2, 0) is 0 Å². The third kappa shape index (κ3) is 1.44. The standard InChI is InChI=1S/C7H12N4/c1-2-4-6(5-3-1)7-8-10-11-9-7/h6-7H,1-5H2. The van der Waals surface area contributed by atoms with Crippen LogP contribution < -0.4 is 0 Å². The summed E-state index contributed by atoms with van der Waals surface area (Å²) in [6.45, 7) is 0. The molecule has 2 aliphatic rings. The molecule has 1 aliphatic heterocycles. The maximum atomic E-state index is 3.95. The lowest BCUT2D eigenvalue weighted by molar-refractivity contribution is 0.309. The van der Waals surface area contributed by atoms with Crippen LogP contribution in [0.25, 0.3) is 0 Å². The van der Waals surface area contributed by atoms with E-state index in [0.717, 1.165) is 0 Å². The van der Waals surface area contributed by atoms with Crippen LogP contribution in [0.3, 0.4) is 0 Å². The first kappa shape index (κ1) is 6.88. The Morgan fingerprint density at radius 3 is 2.09 bits per heavy atom. The van der Waals surface area contributed by atoms with E-state index < -0.39 is 0 Å². The summed E-state index contributed by atoms with van der Waals surface area (Å²) < 4.78 is 0. The van der Waals surface area contributed by atoms with Gasteiger partial charge in [0.15, 0.2) is 6.17 Å². The minimum atomic E-state index is 0.0651. The maximum Gasteiger partial charge on any atom is 0.188 e. The van der Waals surface area contributed by atoms with Gasteiger partial charge in [-0.15, -0.1) is 10.2 Å². The topological polar surface area (TPSA) is 49.4 Å². The lowest BCUT2D eigenvalue weighted by Gasteiger charge is -2.21. The highest BCUT2D eigenvalue weighted by Crippen LogP contribution is 2.30. The van der Waals surface area contributed by atoms with Crippen molar-refractivity contribution < 1.29 is 0 Å². The summed E-state index contributed by atoms with van der Waals surface area (Å²) in [7, 11) is 0. The average molecular weight is 152 g/mol. The van der Waals surface area contributed by atoms with Gasteiger partial charge in [0.1, 0.15) is 0 Å². The largest absolute Gasteiger partial charge is 0.188 e. The molecule has 1 heterocycles. The predicted molar refractivity (Wildman–Crippen MR) is 40.1 cm³/mol. The maximum absolute atomic E-state index is 3.95. The molecule has 1 saturated carbocycles. The van der Waals surface area contributed by atoms with E-state index in [9.17, 15) is 0 Å². The molecule has 0 unspecified atom stereocenters. The van der Waals surface area contributed by atoms with Gasteiger partial charge in [0.2, 0.25) is 0 Å². The number of hydrogen-bond donors (Lipinski definition) is 0. The van der Waals surface area contributed by atoms with E-state index in [2.05, 4.69) is 20.7 Å². The fourth-order valence-electron chi connectivity index (χ4n) is 1.80. The van der Waals surface area contributed by atoms with Gasteiger partial charge in [-0.2, -0.15) is 0 Å². The van der Waals surface area contributed by atoms with Crippen molar-refractivity contribution in [2.45, 2.75) is 38.3 Å². The molecule has 0 aromatic carbocycles. The summed E-state index contributed by atoms with van der Waals surface area (Å²) in [5.41, 5.74) is 0. The van der Waals surface area contributed by atoms with Gasteiger partial charge in [-0.05, 0) is 23.3 Å². The third-order valence-corrected chi connectivity index (χ3v) is 2.45. The molecule has 60 valence electrons. The molecule has 11 heavy (non-hydrogen) atoms. The SMILES string of the molecule is C1CCC(C2N=NN=N2)CC1. The van der Waals surface area contributed by atoms with Gasteiger partial charge < -0.3 is 0 Å². The molecule has 1 aliphatic carbocycles. The Labute approximate surface area is 65.8 Å². The van der Waals surface area contributed by atoms with Gasteiger partial charge in [-0.1, -0.05) is 19.3 Å². The van der Waals surface area contributed by atoms with Crippen molar-refractivity contribution in [1.82, 2.24) is 0 Å². The fourth-order valence-corrected chi connectivity index (χ4v) is 1.80. The minimum Gasteiger partial charge on any atom is -0.138 e. The number of nitrogens with zero attached hydrogens (tertiary/aromatic N) is 4. The summed E-state index contributed by atoms with van der Waals surface area (Å²) in [6.07, 6.45) is 6.59. The molecule has 0 aromatic rings. The molecule has 0 aromatic heterocycles. The van der Waals surface area contributed by atoms with Crippen LogP contribution >= 0.6 is 0 Å². The van der Waals surface area contributed by atoms with E-state index in [1.807, 2.05) is 0 Å². The summed E-state index contributed by atoms with van der Waals surface area (Å²) in [5.74, 6) is 0.624. The first-order valence-electron chi connectivity index (χ1n) is 4.27. The predicted octanol–water partition coefficient (Wildman–Crippen LogP) is 2.73. The van der Waals surface area contributed by atoms with E-state index in [4.69, 9.17) is 0 Å². The van der Waals surface area contributed by atoms with Gasteiger partial charge in [-0.25, -0.2) is 0 Å². The monoisotopic (exact) mass is 152 g/mol. The van der Waals surface area contributed by atoms with Gasteiger partial charge >= 0.3 is 0 Å². The molecular weight excluding hydrogens is 140 g/mol. The second kappa shape index (κ2) is 3.07. The van der Waals surface area contributed by atoms with E-state index in [1.165, 1.54) is 32.1 Å². The van der Waals surface area contributed by atoms with E-state index in [1.54, 1.807) is 0 Å². The highest BCUT2D eigenvalue weighted by molar-refractivity contribution is 4.76. The average Bonchev–Trinajstić information content (AvgIpc) is 2.58. The Morgan fingerprint density at radius 1 is 0.818 bits per heavy atom. The van der Waals surface area contributed by atoms with Crippen molar-refractivity contribution in [2.24, 2.45) is 26.6 Å². The first-order chi connectivity index (χ1) is 5.47. The fraction of sp³-hybridized carbons (Fsp3) is 1.00. The molecule has 4 nitrogen and oxygen atoms in total. The summed E-state index contributed by atoms with van der Waals surface area (Å²) >= 11 is 0. The second-order valence-electron chi connectivity index (χ2n) is 3.22. The number of hydrogen-bond acceptors (Lipinski definition) is 4. The molecule has 4 heteroatoms. The summed E-state index contributed by atoms with van der Waals surface area (Å²) in [5, 5.41) is 14.9. The zero-order valence-corrected chi connectivity index (χ0v) is 6.48. The Balaban J connectivity index is 1.92. The summed E-state index contributed by atoms with van der Waals surface area (Å²) in [4.78, 5) is 0. The molecular formula is C7H12N4. The zero-order chi connectivity index (χ0) is 7.52. The minimum absolute atomic E-state index is 0.0651. The van der Waals surface area contributed by atoms with E-state index in [-0.39, 0.29) is 6.17 Å². The molecule has 0 amide bonds. The lowest BCUT2D eigenvalue weighted by Crippen LogP contribution is -2.17. The van der Waals surface area contributed by atoms with Gasteiger partial charge in [0, 0.05) is 5.92 Å². The third-order valence-electron chi connectivity index (χ3n) is 2.45. The van der Waals surface area contributed by atoms with Crippen molar-refractivity contribution >= 4 is 0 Å². The van der Waals surface area contributed by atoms with Gasteiger partial charge in [-0.3, -0.25) is 0 Å². The van der Waals surface area contributed by atoms with Crippen LogP contribution in [0.15, 0.2) is 20.7 Å². The summed E-state index contributed by atoms with van der Waals surface area (Å²) in [6, 6.07) is 0. The van der Waals surface area contributed by atoms with Crippen LogP contribution in [0, 0.1) is 5.92 Å². The molecule has 2 rings (SSSR count). The lowest BCUT2D eigenvalue weighted by atomic mass is 9.87. The molecule has 1 fully saturated rings. The van der Waals surface area contributed by atoms with Crippen molar-refractivity contribution in [3.05, 3.63) is 0 Å². The first-order valence-corrected chi connectivity index (χ1v) is 4.27. The van der Waals surface area contributed by atoms with Crippen molar-refractivity contribution in [3.8, 4) is 0 Å². The van der Waals surface area contributed by atoms with Gasteiger partial charge in [0.05, 0.1) is 0 Å². The molecule has 0 atom stereocenters. The van der Waals surface area contributed by atoms with Crippen LogP contribution in [0.5, 0.6) is 0 Å². The normalized spacial score (nSPS) is 26.5. The zero-order valence-electron chi connectivity index (χ0n) is 6.48. The molecule has 0 N–H and O–H groups in total. The second-order valence-corrected chi connectivity index (χ2v) is 3.22. The Morgan fingerprint density at radius 2 is 1.45 bits per heavy atom. The Bertz CT molecular complexity index is 169. The molecule has 0 bridgehead atoms. The van der Waals surface area contributed by atoms with Crippen LogP contribution in [0.1, 0.15) is 32.1 Å². The van der Waals surface area contributed by atoms with E-state index >= 15 is 0 Å². The van der Waals surface area contributed by atoms with Crippen molar-refractivity contribution in [2.75, 3.05) is 0 Å². The molecule has 0 spiro atoms. The molecule has 0 saturated heterocycles. The van der Waals surface area contributed by atoms with Crippen LogP contribution in [0.2, 0.25) is 0 Å². The highest BCUT2D eigenvalue weighted by atomic mass is 15.6. The Hall–Kier alpha value is -0.800. The van der Waals surface area contributed by atoms with Gasteiger partial charge in [0.25, 0.3) is 0 Å². The Kier molecular flexibility index (Phi) is 1.92. The van der Waals surface area contributed by atoms with Crippen LogP contribution in [-0.4, -0.2) is 6.17 Å². The number of rotatable bonds is 1. The highest BCUT2D eigenvalue weighted by Gasteiger charge is 2.24.